The Hall–Kier alpha value is -0.780. The number of aromatic nitrogens is 2. The smallest absolute Gasteiger partial charge is 0.351 e. The molecule has 0 unspecified atom stereocenters. The Bertz CT molecular complexity index is 511. The summed E-state index contributed by atoms with van der Waals surface area (Å²) in [6.45, 7) is -0.535. The highest BCUT2D eigenvalue weighted by atomic mass is 127. The molecule has 100 valence electrons. The second-order valence-electron chi connectivity index (χ2n) is 3.85. The Morgan fingerprint density at radius 2 is 2.33 bits per heavy atom. The van der Waals surface area contributed by atoms with Crippen molar-refractivity contribution in [3.05, 3.63) is 20.3 Å². The number of anilines is 1. The van der Waals surface area contributed by atoms with Crippen molar-refractivity contribution >= 4 is 28.4 Å². The van der Waals surface area contributed by atoms with Gasteiger partial charge in [0.1, 0.15) is 18.0 Å². The lowest BCUT2D eigenvalue weighted by atomic mass is 10.1. The van der Waals surface area contributed by atoms with Gasteiger partial charge in [0.2, 0.25) is 0 Å². The van der Waals surface area contributed by atoms with E-state index < -0.39 is 36.9 Å². The van der Waals surface area contributed by atoms with E-state index in [1.165, 1.54) is 6.20 Å². The van der Waals surface area contributed by atoms with E-state index in [1.54, 1.807) is 0 Å². The summed E-state index contributed by atoms with van der Waals surface area (Å²) >= 11 is 1.84. The van der Waals surface area contributed by atoms with E-state index in [2.05, 4.69) is 4.98 Å². The first kappa shape index (κ1) is 13.6. The van der Waals surface area contributed by atoms with E-state index in [0.29, 0.717) is 3.57 Å². The Balaban J connectivity index is 2.39. The SMILES string of the molecule is Nc1nc(=O)n([C@H]2O[C@@H](CO)[C@H](O)[C@H]2F)cc1I. The van der Waals surface area contributed by atoms with Crippen molar-refractivity contribution in [3.8, 4) is 0 Å². The third-order valence-electron chi connectivity index (χ3n) is 2.68. The molecule has 1 saturated heterocycles. The molecule has 0 aliphatic carbocycles. The van der Waals surface area contributed by atoms with Crippen LogP contribution in [0.15, 0.2) is 11.0 Å². The number of ether oxygens (including phenoxy) is 1. The molecule has 2 rings (SSSR count). The van der Waals surface area contributed by atoms with Crippen LogP contribution in [0.5, 0.6) is 0 Å². The summed E-state index contributed by atoms with van der Waals surface area (Å²) in [7, 11) is 0. The predicted octanol–water partition coefficient (Wildman–Crippen LogP) is -0.981. The molecule has 4 atom stereocenters. The zero-order valence-electron chi connectivity index (χ0n) is 9.03. The molecule has 0 radical (unpaired) electrons. The summed E-state index contributed by atoms with van der Waals surface area (Å²) in [5.41, 5.74) is 4.68. The maximum Gasteiger partial charge on any atom is 0.351 e. The third kappa shape index (κ3) is 2.22. The third-order valence-corrected chi connectivity index (χ3v) is 3.51. The molecule has 0 saturated carbocycles. The first-order valence-electron chi connectivity index (χ1n) is 5.08. The summed E-state index contributed by atoms with van der Waals surface area (Å²) in [5, 5.41) is 18.4. The van der Waals surface area contributed by atoms with Gasteiger partial charge in [-0.15, -0.1) is 0 Å². The van der Waals surface area contributed by atoms with Gasteiger partial charge in [-0.05, 0) is 22.6 Å². The standard InChI is InChI=1S/C9H11FIN3O4/c10-5-6(16)4(2-15)18-8(5)14-1-3(11)7(12)13-9(14)17/h1,4-6,8,15-16H,2H2,(H2,12,13,17)/t4-,5+,6-,8-/m0/s1. The van der Waals surface area contributed by atoms with Gasteiger partial charge < -0.3 is 20.7 Å². The Morgan fingerprint density at radius 3 is 2.89 bits per heavy atom. The molecule has 0 bridgehead atoms. The number of nitrogens with zero attached hydrogens (tertiary/aromatic N) is 2. The van der Waals surface area contributed by atoms with Gasteiger partial charge in [0.25, 0.3) is 0 Å². The largest absolute Gasteiger partial charge is 0.394 e. The monoisotopic (exact) mass is 371 g/mol. The van der Waals surface area contributed by atoms with E-state index in [4.69, 9.17) is 15.6 Å². The predicted molar refractivity (Wildman–Crippen MR) is 67.5 cm³/mol. The van der Waals surface area contributed by atoms with Crippen LogP contribution in [-0.4, -0.2) is 44.8 Å². The van der Waals surface area contributed by atoms with Crippen LogP contribution in [0.25, 0.3) is 0 Å². The van der Waals surface area contributed by atoms with Crippen LogP contribution < -0.4 is 11.4 Å². The number of hydrogen-bond donors (Lipinski definition) is 3. The van der Waals surface area contributed by atoms with Crippen molar-refractivity contribution in [2.45, 2.75) is 24.6 Å². The Labute approximate surface area is 115 Å². The van der Waals surface area contributed by atoms with Crippen molar-refractivity contribution in [3.63, 3.8) is 0 Å². The molecular formula is C9H11FIN3O4. The summed E-state index contributed by atoms with van der Waals surface area (Å²) in [4.78, 5) is 15.1. The van der Waals surface area contributed by atoms with Gasteiger partial charge in [-0.25, -0.2) is 9.18 Å². The van der Waals surface area contributed by atoms with Crippen LogP contribution >= 0.6 is 22.6 Å². The molecule has 1 aliphatic heterocycles. The first-order chi connectivity index (χ1) is 8.45. The Morgan fingerprint density at radius 1 is 1.67 bits per heavy atom. The fourth-order valence-electron chi connectivity index (χ4n) is 1.72. The van der Waals surface area contributed by atoms with Gasteiger partial charge >= 0.3 is 5.69 Å². The number of hydrogen-bond acceptors (Lipinski definition) is 6. The lowest BCUT2D eigenvalue weighted by Crippen LogP contribution is -2.34. The minimum atomic E-state index is -1.82. The summed E-state index contributed by atoms with van der Waals surface area (Å²) < 4.78 is 20.3. The van der Waals surface area contributed by atoms with Gasteiger partial charge in [-0.1, -0.05) is 0 Å². The maximum atomic E-state index is 13.8. The summed E-state index contributed by atoms with van der Waals surface area (Å²) in [5.74, 6) is 0.0458. The normalized spacial score (nSPS) is 31.8. The molecule has 0 spiro atoms. The molecule has 0 aromatic carbocycles. The number of halogens is 2. The highest BCUT2D eigenvalue weighted by molar-refractivity contribution is 14.1. The van der Waals surface area contributed by atoms with Crippen molar-refractivity contribution in [1.29, 1.82) is 0 Å². The van der Waals surface area contributed by atoms with Crippen molar-refractivity contribution in [2.24, 2.45) is 0 Å². The summed E-state index contributed by atoms with van der Waals surface area (Å²) in [6.07, 6.45) is -4.38. The van der Waals surface area contributed by atoms with Gasteiger partial charge in [0.05, 0.1) is 10.2 Å². The van der Waals surface area contributed by atoms with Gasteiger partial charge in [0, 0.05) is 6.20 Å². The minimum absolute atomic E-state index is 0.0458. The molecule has 1 aliphatic rings. The molecule has 9 heteroatoms. The Kier molecular flexibility index (Phi) is 3.84. The molecule has 1 aromatic rings. The lowest BCUT2D eigenvalue weighted by molar-refractivity contribution is -0.0491. The number of aliphatic hydroxyl groups excluding tert-OH is 2. The minimum Gasteiger partial charge on any atom is -0.394 e. The maximum absolute atomic E-state index is 13.8. The molecule has 18 heavy (non-hydrogen) atoms. The van der Waals surface area contributed by atoms with Crippen LogP contribution in [-0.2, 0) is 4.74 Å². The number of nitrogens with two attached hydrogens (primary N) is 1. The number of alkyl halides is 1. The van der Waals surface area contributed by atoms with Gasteiger partial charge in [-0.2, -0.15) is 4.98 Å². The zero-order valence-corrected chi connectivity index (χ0v) is 11.2. The van der Waals surface area contributed by atoms with E-state index in [0.717, 1.165) is 4.57 Å². The number of nitrogen functional groups attached to an aromatic ring is 1. The van der Waals surface area contributed by atoms with Crippen LogP contribution in [0.1, 0.15) is 6.23 Å². The fourth-order valence-corrected chi connectivity index (χ4v) is 2.14. The molecule has 1 aromatic heterocycles. The molecule has 2 heterocycles. The van der Waals surface area contributed by atoms with Crippen LogP contribution in [0.4, 0.5) is 10.2 Å². The van der Waals surface area contributed by atoms with Crippen molar-refractivity contribution in [2.75, 3.05) is 12.3 Å². The van der Waals surface area contributed by atoms with Crippen LogP contribution in [0, 0.1) is 3.57 Å². The van der Waals surface area contributed by atoms with Crippen molar-refractivity contribution in [1.82, 2.24) is 9.55 Å². The highest BCUT2D eigenvalue weighted by Crippen LogP contribution is 2.31. The van der Waals surface area contributed by atoms with E-state index in [1.807, 2.05) is 22.6 Å². The zero-order chi connectivity index (χ0) is 13.4. The van der Waals surface area contributed by atoms with E-state index >= 15 is 0 Å². The lowest BCUT2D eigenvalue weighted by Gasteiger charge is -2.16. The van der Waals surface area contributed by atoms with Crippen LogP contribution in [0.2, 0.25) is 0 Å². The number of aliphatic hydroxyl groups is 2. The topological polar surface area (TPSA) is 111 Å². The second kappa shape index (κ2) is 5.07. The number of rotatable bonds is 2. The highest BCUT2D eigenvalue weighted by Gasteiger charge is 2.45. The van der Waals surface area contributed by atoms with Crippen LogP contribution in [0.3, 0.4) is 0 Å². The molecule has 1 fully saturated rings. The molecule has 4 N–H and O–H groups in total. The average molecular weight is 371 g/mol. The van der Waals surface area contributed by atoms with Gasteiger partial charge in [-0.3, -0.25) is 4.57 Å². The molecule has 7 nitrogen and oxygen atoms in total. The molecule has 0 amide bonds. The first-order valence-corrected chi connectivity index (χ1v) is 6.16. The van der Waals surface area contributed by atoms with E-state index in [9.17, 15) is 14.3 Å². The summed E-state index contributed by atoms with van der Waals surface area (Å²) in [6, 6.07) is 0. The second-order valence-corrected chi connectivity index (χ2v) is 5.01. The average Bonchev–Trinajstić information content (AvgIpc) is 2.61. The van der Waals surface area contributed by atoms with Gasteiger partial charge in [0.15, 0.2) is 12.4 Å². The van der Waals surface area contributed by atoms with Crippen molar-refractivity contribution < 1.29 is 19.3 Å². The quantitative estimate of drug-likeness (QED) is 0.577. The molecular weight excluding hydrogens is 360 g/mol. The fraction of sp³-hybridized carbons (Fsp3) is 0.556. The van der Waals surface area contributed by atoms with E-state index in [-0.39, 0.29) is 5.82 Å².